The van der Waals surface area contributed by atoms with E-state index in [0.29, 0.717) is 37.6 Å². The van der Waals surface area contributed by atoms with Gasteiger partial charge in [-0.2, -0.15) is 0 Å². The molecule has 134 valence electrons. The first-order valence-corrected chi connectivity index (χ1v) is 9.18. The Labute approximate surface area is 151 Å². The lowest BCUT2D eigenvalue weighted by Crippen LogP contribution is -2.40. The number of carbonyl (C=O) groups excluding carboxylic acids is 3. The Morgan fingerprint density at radius 2 is 1.50 bits per heavy atom. The number of fused-ring (bicyclic) bond motifs is 5. The highest BCUT2D eigenvalue weighted by molar-refractivity contribution is 6.22. The maximum absolute atomic E-state index is 12.8. The van der Waals surface area contributed by atoms with Crippen molar-refractivity contribution in [2.45, 2.75) is 6.42 Å². The molecule has 26 heavy (non-hydrogen) atoms. The summed E-state index contributed by atoms with van der Waals surface area (Å²) < 4.78 is 5.27. The minimum Gasteiger partial charge on any atom is -0.378 e. The van der Waals surface area contributed by atoms with E-state index in [4.69, 9.17) is 4.74 Å². The van der Waals surface area contributed by atoms with E-state index >= 15 is 0 Å². The molecule has 2 aliphatic carbocycles. The van der Waals surface area contributed by atoms with Gasteiger partial charge in [0.1, 0.15) is 0 Å². The van der Waals surface area contributed by atoms with Crippen LogP contribution in [-0.4, -0.2) is 48.9 Å². The summed E-state index contributed by atoms with van der Waals surface area (Å²) in [6, 6.07) is 6.82. The first-order valence-electron chi connectivity index (χ1n) is 9.18. The minimum atomic E-state index is -0.202. The average Bonchev–Trinajstić information content (AvgIpc) is 3.36. The lowest BCUT2D eigenvalue weighted by atomic mass is 9.85. The van der Waals surface area contributed by atoms with Crippen molar-refractivity contribution >= 4 is 23.4 Å². The normalized spacial score (nSPS) is 32.5. The molecule has 4 aliphatic rings. The molecule has 0 N–H and O–H groups in total. The number of benzene rings is 1. The van der Waals surface area contributed by atoms with Crippen molar-refractivity contribution < 1.29 is 19.1 Å². The van der Waals surface area contributed by atoms with Gasteiger partial charge in [0, 0.05) is 18.7 Å². The number of ether oxygens (including phenoxy) is 1. The van der Waals surface area contributed by atoms with Gasteiger partial charge >= 0.3 is 0 Å². The molecule has 0 spiro atoms. The zero-order valence-electron chi connectivity index (χ0n) is 14.3. The Kier molecular flexibility index (Phi) is 3.50. The van der Waals surface area contributed by atoms with Crippen LogP contribution in [0.15, 0.2) is 36.4 Å². The number of carbonyl (C=O) groups is 3. The molecule has 5 rings (SSSR count). The third-order valence-corrected chi connectivity index (χ3v) is 6.14. The second kappa shape index (κ2) is 5.77. The smallest absolute Gasteiger partial charge is 0.254 e. The highest BCUT2D eigenvalue weighted by Crippen LogP contribution is 2.53. The van der Waals surface area contributed by atoms with Gasteiger partial charge in [0.05, 0.1) is 30.7 Å². The number of imide groups is 1. The predicted octanol–water partition coefficient (Wildman–Crippen LogP) is 1.47. The first-order chi connectivity index (χ1) is 12.6. The fourth-order valence-electron chi connectivity index (χ4n) is 4.86. The van der Waals surface area contributed by atoms with Gasteiger partial charge in [0.15, 0.2) is 0 Å². The van der Waals surface area contributed by atoms with E-state index in [1.165, 1.54) is 4.90 Å². The molecule has 2 aliphatic heterocycles. The van der Waals surface area contributed by atoms with Gasteiger partial charge in [0.2, 0.25) is 11.8 Å². The molecule has 6 nitrogen and oxygen atoms in total. The van der Waals surface area contributed by atoms with Gasteiger partial charge in [-0.15, -0.1) is 0 Å². The Hall–Kier alpha value is -2.47. The van der Waals surface area contributed by atoms with E-state index in [0.717, 1.165) is 6.42 Å². The van der Waals surface area contributed by atoms with Gasteiger partial charge in [-0.3, -0.25) is 19.3 Å². The van der Waals surface area contributed by atoms with E-state index in [-0.39, 0.29) is 41.4 Å². The molecule has 2 heterocycles. The maximum Gasteiger partial charge on any atom is 0.254 e. The molecule has 1 aromatic carbocycles. The summed E-state index contributed by atoms with van der Waals surface area (Å²) in [6.07, 6.45) is 5.10. The highest BCUT2D eigenvalue weighted by Gasteiger charge is 2.59. The summed E-state index contributed by atoms with van der Waals surface area (Å²) in [5, 5.41) is 0. The quantitative estimate of drug-likeness (QED) is 0.597. The van der Waals surface area contributed by atoms with Crippen molar-refractivity contribution in [3.8, 4) is 0 Å². The van der Waals surface area contributed by atoms with Gasteiger partial charge in [-0.1, -0.05) is 12.2 Å². The van der Waals surface area contributed by atoms with E-state index in [2.05, 4.69) is 12.2 Å². The second-order valence-electron chi connectivity index (χ2n) is 7.46. The predicted molar refractivity (Wildman–Crippen MR) is 93.4 cm³/mol. The van der Waals surface area contributed by atoms with Crippen LogP contribution in [0.1, 0.15) is 16.8 Å². The maximum atomic E-state index is 12.8. The average molecular weight is 352 g/mol. The summed E-state index contributed by atoms with van der Waals surface area (Å²) in [5.74, 6) is -0.229. The number of amides is 3. The van der Waals surface area contributed by atoms with Crippen LogP contribution in [0.25, 0.3) is 0 Å². The Morgan fingerprint density at radius 1 is 0.923 bits per heavy atom. The topological polar surface area (TPSA) is 66.9 Å². The number of anilines is 1. The van der Waals surface area contributed by atoms with Crippen LogP contribution in [0.4, 0.5) is 5.69 Å². The molecule has 3 amide bonds. The Bertz CT molecular complexity index is 780. The van der Waals surface area contributed by atoms with Crippen LogP contribution < -0.4 is 4.90 Å². The molecule has 0 unspecified atom stereocenters. The highest BCUT2D eigenvalue weighted by atomic mass is 16.5. The summed E-state index contributed by atoms with van der Waals surface area (Å²) in [6.45, 7) is 2.28. The van der Waals surface area contributed by atoms with Crippen molar-refractivity contribution in [1.29, 1.82) is 0 Å². The van der Waals surface area contributed by atoms with Crippen LogP contribution in [0.3, 0.4) is 0 Å². The van der Waals surface area contributed by atoms with E-state index in [1.807, 2.05) is 0 Å². The molecule has 0 radical (unpaired) electrons. The number of hydrogen-bond acceptors (Lipinski definition) is 4. The zero-order chi connectivity index (χ0) is 17.8. The molecule has 0 aromatic heterocycles. The second-order valence-corrected chi connectivity index (χ2v) is 7.46. The third kappa shape index (κ3) is 2.18. The van der Waals surface area contributed by atoms with Crippen molar-refractivity contribution in [3.63, 3.8) is 0 Å². The first kappa shape index (κ1) is 15.8. The third-order valence-electron chi connectivity index (χ3n) is 6.14. The van der Waals surface area contributed by atoms with E-state index < -0.39 is 0 Å². The number of nitrogens with zero attached hydrogens (tertiary/aromatic N) is 2. The molecule has 1 aromatic rings. The number of hydrogen-bond donors (Lipinski definition) is 0. The van der Waals surface area contributed by atoms with Gasteiger partial charge < -0.3 is 9.64 Å². The molecule has 2 bridgehead atoms. The summed E-state index contributed by atoms with van der Waals surface area (Å²) in [5.41, 5.74) is 1.13. The zero-order valence-corrected chi connectivity index (χ0v) is 14.3. The Balaban J connectivity index is 1.37. The molecular formula is C20H20N2O4. The van der Waals surface area contributed by atoms with Crippen LogP contribution >= 0.6 is 0 Å². The van der Waals surface area contributed by atoms with Crippen LogP contribution in [0.2, 0.25) is 0 Å². The molecule has 2 saturated heterocycles. The summed E-state index contributed by atoms with van der Waals surface area (Å²) in [4.78, 5) is 41.3. The van der Waals surface area contributed by atoms with Gasteiger partial charge in [-0.25, -0.2) is 0 Å². The number of allylic oxidation sites excluding steroid dienone is 2. The van der Waals surface area contributed by atoms with Crippen LogP contribution in [0, 0.1) is 23.7 Å². The summed E-state index contributed by atoms with van der Waals surface area (Å²) in [7, 11) is 0. The number of rotatable bonds is 2. The molecule has 3 fully saturated rings. The number of morpholine rings is 1. The standard InChI is InChI=1S/C20H20N2O4/c23-18(21-7-9-26-10-8-21)12-3-5-15(6-4-12)22-19(24)16-13-1-2-14(11-13)17(16)20(22)25/h1-6,13-14,16-17H,7-11H2/t13-,14+,16-,17-/m0/s1. The van der Waals surface area contributed by atoms with Crippen LogP contribution in [0.5, 0.6) is 0 Å². The fourth-order valence-corrected chi connectivity index (χ4v) is 4.86. The molecule has 4 atom stereocenters. The largest absolute Gasteiger partial charge is 0.378 e. The Morgan fingerprint density at radius 3 is 2.08 bits per heavy atom. The van der Waals surface area contributed by atoms with Gasteiger partial charge in [-0.05, 0) is 42.5 Å². The SMILES string of the molecule is O=C(c1ccc(N2C(=O)[C@@H]3[C@@H](C2=O)[C@H]2C=C[C@@H]3C2)cc1)N1CCOCC1. The van der Waals surface area contributed by atoms with E-state index in [9.17, 15) is 14.4 Å². The minimum absolute atomic E-state index is 0.0435. The van der Waals surface area contributed by atoms with Crippen molar-refractivity contribution in [3.05, 3.63) is 42.0 Å². The molecule has 1 saturated carbocycles. The summed E-state index contributed by atoms with van der Waals surface area (Å²) >= 11 is 0. The lowest BCUT2D eigenvalue weighted by molar-refractivity contribution is -0.123. The lowest BCUT2D eigenvalue weighted by Gasteiger charge is -2.27. The monoisotopic (exact) mass is 352 g/mol. The van der Waals surface area contributed by atoms with E-state index in [1.54, 1.807) is 29.2 Å². The van der Waals surface area contributed by atoms with Crippen molar-refractivity contribution in [2.75, 3.05) is 31.2 Å². The molecular weight excluding hydrogens is 332 g/mol. The van der Waals surface area contributed by atoms with Crippen molar-refractivity contribution in [1.82, 2.24) is 4.90 Å². The molecule has 6 heteroatoms. The van der Waals surface area contributed by atoms with Crippen molar-refractivity contribution in [2.24, 2.45) is 23.7 Å². The van der Waals surface area contributed by atoms with Gasteiger partial charge in [0.25, 0.3) is 5.91 Å². The fraction of sp³-hybridized carbons (Fsp3) is 0.450. The van der Waals surface area contributed by atoms with Crippen LogP contribution in [-0.2, 0) is 14.3 Å².